The van der Waals surface area contributed by atoms with Crippen molar-refractivity contribution in [1.82, 2.24) is 4.90 Å². The lowest BCUT2D eigenvalue weighted by Gasteiger charge is -2.09. The smallest absolute Gasteiger partial charge is 0.407 e. The summed E-state index contributed by atoms with van der Waals surface area (Å²) < 4.78 is 0. The Morgan fingerprint density at radius 2 is 2.50 bits per heavy atom. The van der Waals surface area contributed by atoms with Gasteiger partial charge in [-0.05, 0) is 6.42 Å². The maximum atomic E-state index is 10.3. The van der Waals surface area contributed by atoms with Gasteiger partial charge in [0.05, 0.1) is 12.6 Å². The molecule has 1 atom stereocenters. The molecule has 1 aliphatic heterocycles. The fraction of sp³-hybridized carbons (Fsp3) is 0.800. The van der Waals surface area contributed by atoms with Crippen LogP contribution >= 0.6 is 0 Å². The molecule has 1 heterocycles. The van der Waals surface area contributed by atoms with Gasteiger partial charge in [-0.2, -0.15) is 0 Å². The summed E-state index contributed by atoms with van der Waals surface area (Å²) >= 11 is 0. The third-order valence-electron chi connectivity index (χ3n) is 1.61. The molecule has 1 aliphatic rings. The molecule has 0 spiro atoms. The normalized spacial score (nSPS) is 25.3. The fourth-order valence-electron chi connectivity index (χ4n) is 1.01. The number of hydrogen-bond acceptors (Lipinski definition) is 3. The summed E-state index contributed by atoms with van der Waals surface area (Å²) in [4.78, 5) is 16.1. The number of hydrogen-bond donors (Lipinski definition) is 2. The third kappa shape index (κ3) is 1.37. The molecule has 0 saturated carbocycles. The van der Waals surface area contributed by atoms with E-state index in [1.54, 1.807) is 0 Å². The van der Waals surface area contributed by atoms with Gasteiger partial charge in [0, 0.05) is 6.54 Å². The van der Waals surface area contributed by atoms with Gasteiger partial charge >= 0.3 is 6.09 Å². The summed E-state index contributed by atoms with van der Waals surface area (Å²) in [5, 5.41) is 8.46. The van der Waals surface area contributed by atoms with Crippen LogP contribution in [0.5, 0.6) is 0 Å². The highest BCUT2D eigenvalue weighted by atomic mass is 16.6. The van der Waals surface area contributed by atoms with Crippen molar-refractivity contribution in [3.63, 3.8) is 0 Å². The first-order chi connectivity index (χ1) is 4.74. The topological polar surface area (TPSA) is 75.8 Å². The minimum Gasteiger partial charge on any atom is -0.465 e. The predicted octanol–water partition coefficient (Wildman–Crippen LogP) is -0.371. The summed E-state index contributed by atoms with van der Waals surface area (Å²) in [6.45, 7) is 0.920. The minimum atomic E-state index is -0.903. The van der Waals surface area contributed by atoms with Crippen LogP contribution in [0.15, 0.2) is 0 Å². The predicted molar refractivity (Wildman–Crippen MR) is 33.3 cm³/mol. The lowest BCUT2D eigenvalue weighted by atomic mass is 10.3. The molecule has 1 amide bonds. The highest BCUT2D eigenvalue weighted by molar-refractivity contribution is 5.65. The van der Waals surface area contributed by atoms with Crippen LogP contribution in [-0.4, -0.2) is 35.3 Å². The van der Waals surface area contributed by atoms with E-state index in [0.717, 1.165) is 0 Å². The summed E-state index contributed by atoms with van der Waals surface area (Å²) in [7, 11) is 0. The molecule has 1 fully saturated rings. The minimum absolute atomic E-state index is 0.115. The van der Waals surface area contributed by atoms with Crippen LogP contribution in [0.4, 0.5) is 4.79 Å². The average Bonchev–Trinajstić information content (AvgIpc) is 2.34. The molecule has 0 aliphatic carbocycles. The monoisotopic (exact) mass is 146 g/mol. The largest absolute Gasteiger partial charge is 0.465 e. The van der Waals surface area contributed by atoms with Crippen LogP contribution in [0.25, 0.3) is 0 Å². The first kappa shape index (κ1) is 7.30. The van der Waals surface area contributed by atoms with Crippen LogP contribution in [0.1, 0.15) is 6.42 Å². The van der Waals surface area contributed by atoms with Crippen LogP contribution in [0.2, 0.25) is 0 Å². The van der Waals surface area contributed by atoms with Crippen molar-refractivity contribution < 1.29 is 14.7 Å². The zero-order valence-electron chi connectivity index (χ0n) is 5.49. The number of carbonyl (C=O) groups is 1. The van der Waals surface area contributed by atoms with E-state index in [0.29, 0.717) is 19.5 Å². The molecule has 0 aromatic rings. The van der Waals surface area contributed by atoms with Gasteiger partial charge in [-0.15, -0.1) is 0 Å². The highest BCUT2D eigenvalue weighted by Gasteiger charge is 2.25. The summed E-state index contributed by atoms with van der Waals surface area (Å²) in [6.07, 6.45) is -0.321. The van der Waals surface area contributed by atoms with Crippen LogP contribution in [-0.2, 0) is 4.84 Å². The van der Waals surface area contributed by atoms with E-state index in [1.807, 2.05) is 0 Å². The second kappa shape index (κ2) is 2.85. The van der Waals surface area contributed by atoms with Crippen molar-refractivity contribution in [3.05, 3.63) is 0 Å². The lowest BCUT2D eigenvalue weighted by molar-refractivity contribution is 0.0590. The molecule has 58 valence electrons. The van der Waals surface area contributed by atoms with Gasteiger partial charge in [0.15, 0.2) is 0 Å². The molecular weight excluding hydrogens is 136 g/mol. The Labute approximate surface area is 58.3 Å². The highest BCUT2D eigenvalue weighted by Crippen LogP contribution is 2.10. The Hall–Kier alpha value is -0.810. The van der Waals surface area contributed by atoms with E-state index < -0.39 is 6.09 Å². The Morgan fingerprint density at radius 1 is 1.80 bits per heavy atom. The zero-order valence-corrected chi connectivity index (χ0v) is 5.49. The molecule has 0 aromatic heterocycles. The maximum Gasteiger partial charge on any atom is 0.407 e. The summed E-state index contributed by atoms with van der Waals surface area (Å²) in [6, 6.07) is 0. The third-order valence-corrected chi connectivity index (χ3v) is 1.61. The standard InChI is InChI=1S/C5H10N2O3/c6-10-4-1-2-7(3-4)5(8)9/h4H,1-3,6H2,(H,8,9)/t4-/m0/s1. The number of likely N-dealkylation sites (tertiary alicyclic amines) is 1. The maximum absolute atomic E-state index is 10.3. The van der Waals surface area contributed by atoms with Crippen molar-refractivity contribution in [3.8, 4) is 0 Å². The van der Waals surface area contributed by atoms with Gasteiger partial charge in [0.1, 0.15) is 0 Å². The van der Waals surface area contributed by atoms with E-state index in [9.17, 15) is 4.79 Å². The molecular formula is C5H10N2O3. The van der Waals surface area contributed by atoms with Crippen molar-refractivity contribution in [2.75, 3.05) is 13.1 Å². The quantitative estimate of drug-likeness (QED) is 0.495. The van der Waals surface area contributed by atoms with Gasteiger partial charge in [-0.1, -0.05) is 0 Å². The van der Waals surface area contributed by atoms with E-state index in [4.69, 9.17) is 11.0 Å². The van der Waals surface area contributed by atoms with Gasteiger partial charge in [0.25, 0.3) is 0 Å². The first-order valence-electron chi connectivity index (χ1n) is 3.07. The van der Waals surface area contributed by atoms with Gasteiger partial charge in [0.2, 0.25) is 0 Å². The SMILES string of the molecule is NO[C@H]1CCN(C(=O)O)C1. The Balaban J connectivity index is 2.35. The van der Waals surface area contributed by atoms with E-state index >= 15 is 0 Å². The lowest BCUT2D eigenvalue weighted by Crippen LogP contribution is -2.29. The number of nitrogens with two attached hydrogens (primary N) is 1. The second-order valence-electron chi connectivity index (χ2n) is 2.28. The van der Waals surface area contributed by atoms with Crippen molar-refractivity contribution in [2.45, 2.75) is 12.5 Å². The summed E-state index contributed by atoms with van der Waals surface area (Å²) in [5.41, 5.74) is 0. The van der Waals surface area contributed by atoms with Crippen LogP contribution in [0, 0.1) is 0 Å². The first-order valence-corrected chi connectivity index (χ1v) is 3.07. The molecule has 5 heteroatoms. The number of nitrogens with zero attached hydrogens (tertiary/aromatic N) is 1. The molecule has 0 unspecified atom stereocenters. The van der Waals surface area contributed by atoms with E-state index in [2.05, 4.69) is 4.84 Å². The number of carboxylic acid groups (broad SMARTS) is 1. The molecule has 1 rings (SSSR count). The molecule has 5 nitrogen and oxygen atoms in total. The Kier molecular flexibility index (Phi) is 2.08. The van der Waals surface area contributed by atoms with E-state index in [1.165, 1.54) is 4.90 Å². The van der Waals surface area contributed by atoms with Crippen LogP contribution < -0.4 is 5.90 Å². The molecule has 1 saturated heterocycles. The average molecular weight is 146 g/mol. The van der Waals surface area contributed by atoms with Gasteiger partial charge in [-0.3, -0.25) is 4.84 Å². The zero-order chi connectivity index (χ0) is 7.56. The second-order valence-corrected chi connectivity index (χ2v) is 2.28. The van der Waals surface area contributed by atoms with Gasteiger partial charge in [-0.25, -0.2) is 10.7 Å². The Bertz CT molecular complexity index is 139. The molecule has 0 radical (unpaired) electrons. The molecule has 10 heavy (non-hydrogen) atoms. The molecule has 0 bridgehead atoms. The van der Waals surface area contributed by atoms with Crippen LogP contribution in [0.3, 0.4) is 0 Å². The van der Waals surface area contributed by atoms with Crippen molar-refractivity contribution >= 4 is 6.09 Å². The van der Waals surface area contributed by atoms with Crippen molar-refractivity contribution in [2.24, 2.45) is 5.90 Å². The molecule has 3 N–H and O–H groups in total. The fourth-order valence-corrected chi connectivity index (χ4v) is 1.01. The number of rotatable bonds is 1. The Morgan fingerprint density at radius 3 is 2.80 bits per heavy atom. The van der Waals surface area contributed by atoms with Gasteiger partial charge < -0.3 is 10.0 Å². The number of amides is 1. The van der Waals surface area contributed by atoms with Crippen molar-refractivity contribution in [1.29, 1.82) is 0 Å². The van der Waals surface area contributed by atoms with E-state index in [-0.39, 0.29) is 6.10 Å². The molecule has 0 aromatic carbocycles. The summed E-state index contributed by atoms with van der Waals surface area (Å²) in [5.74, 6) is 4.88.